The molecule has 4 saturated carbocycles. The highest BCUT2D eigenvalue weighted by Gasteiger charge is 2.58. The van der Waals surface area contributed by atoms with Gasteiger partial charge in [0.05, 0.1) is 11.4 Å². The third-order valence-corrected chi connectivity index (χ3v) is 12.0. The minimum Gasteiger partial charge on any atom is -0.390 e. The van der Waals surface area contributed by atoms with Crippen molar-refractivity contribution in [2.24, 2.45) is 40.9 Å². The minimum absolute atomic E-state index is 0.0389. The zero-order valence-corrected chi connectivity index (χ0v) is 19.9. The molecular weight excluding hydrogens is 404 g/mol. The summed E-state index contributed by atoms with van der Waals surface area (Å²) in [6.45, 7) is 4.45. The Morgan fingerprint density at radius 3 is 2.45 bits per heavy atom. The summed E-state index contributed by atoms with van der Waals surface area (Å²) in [7, 11) is -2.36. The Bertz CT molecular complexity index is 750. The van der Waals surface area contributed by atoms with Crippen LogP contribution >= 0.6 is 10.8 Å². The van der Waals surface area contributed by atoms with Gasteiger partial charge in [-0.3, -0.25) is 4.79 Å². The monoisotopic (exact) mass is 442 g/mol. The van der Waals surface area contributed by atoms with Crippen molar-refractivity contribution in [1.29, 1.82) is 0 Å². The standard InChI is InChI=1S/C23H38O4S2/c1-4-23(25)12-10-16-15(13-23)5-6-18-17(16)9-11-22(2)19(18)7-8-20(22)21(24)14-28-29(3,26)27/h15-20,25H,4-14H2,1-3H3/t15-,16+,17?,18?,19?,20-,22+,23-/m1/s1. The zero-order valence-electron chi connectivity index (χ0n) is 18.2. The van der Waals surface area contributed by atoms with E-state index in [0.717, 1.165) is 67.1 Å². The van der Waals surface area contributed by atoms with E-state index in [1.165, 1.54) is 31.9 Å². The molecule has 4 rings (SSSR count). The molecule has 0 spiro atoms. The van der Waals surface area contributed by atoms with E-state index in [0.29, 0.717) is 11.8 Å². The average molecular weight is 443 g/mol. The lowest BCUT2D eigenvalue weighted by molar-refractivity contribution is -0.130. The summed E-state index contributed by atoms with van der Waals surface area (Å²) in [5.41, 5.74) is -0.374. The lowest BCUT2D eigenvalue weighted by atomic mass is 9.48. The summed E-state index contributed by atoms with van der Waals surface area (Å²) in [4.78, 5) is 12.9. The number of fused-ring (bicyclic) bond motifs is 5. The normalized spacial score (nSPS) is 47.2. The molecule has 6 heteroatoms. The van der Waals surface area contributed by atoms with Gasteiger partial charge in [0.2, 0.25) is 0 Å². The molecule has 0 bridgehead atoms. The third-order valence-electron chi connectivity index (χ3n) is 9.57. The first-order chi connectivity index (χ1) is 13.6. The first-order valence-corrected chi connectivity index (χ1v) is 15.1. The maximum absolute atomic E-state index is 12.9. The number of carbonyl (C=O) groups excluding carboxylic acids is 1. The number of Topliss-reactive ketones (excluding diaryl/α,β-unsaturated/α-hetero) is 1. The number of aliphatic hydroxyl groups is 1. The topological polar surface area (TPSA) is 71.4 Å². The Hall–Kier alpha value is -0.0700. The molecule has 4 nitrogen and oxygen atoms in total. The van der Waals surface area contributed by atoms with Gasteiger partial charge in [0.25, 0.3) is 0 Å². The fraction of sp³-hybridized carbons (Fsp3) is 0.957. The van der Waals surface area contributed by atoms with Gasteiger partial charge in [-0.05, 0) is 110 Å². The van der Waals surface area contributed by atoms with Crippen LogP contribution in [-0.4, -0.2) is 36.9 Å². The highest BCUT2D eigenvalue weighted by molar-refractivity contribution is 8.72. The zero-order chi connectivity index (χ0) is 21.0. The Morgan fingerprint density at radius 2 is 1.76 bits per heavy atom. The molecule has 0 aliphatic heterocycles. The van der Waals surface area contributed by atoms with Gasteiger partial charge in [-0.15, -0.1) is 0 Å². The van der Waals surface area contributed by atoms with Crippen LogP contribution in [0, 0.1) is 40.9 Å². The Labute approximate surface area is 180 Å². The predicted octanol–water partition coefficient (Wildman–Crippen LogP) is 4.66. The summed E-state index contributed by atoms with van der Waals surface area (Å²) >= 11 is 0. The van der Waals surface area contributed by atoms with Crippen molar-refractivity contribution in [3.05, 3.63) is 0 Å². The van der Waals surface area contributed by atoms with Gasteiger partial charge in [0.1, 0.15) is 5.78 Å². The number of hydrogen-bond acceptors (Lipinski definition) is 5. The van der Waals surface area contributed by atoms with Crippen molar-refractivity contribution in [2.45, 2.75) is 83.7 Å². The van der Waals surface area contributed by atoms with Crippen molar-refractivity contribution >= 4 is 25.4 Å². The second-order valence-corrected chi connectivity index (χ2v) is 15.3. The van der Waals surface area contributed by atoms with Gasteiger partial charge in [0, 0.05) is 12.2 Å². The summed E-state index contributed by atoms with van der Waals surface area (Å²) in [6, 6.07) is 0. The fourth-order valence-corrected chi connectivity index (χ4v) is 9.60. The van der Waals surface area contributed by atoms with Crippen LogP contribution in [0.4, 0.5) is 0 Å². The molecule has 0 heterocycles. The maximum Gasteiger partial charge on any atom is 0.199 e. The van der Waals surface area contributed by atoms with Crippen LogP contribution < -0.4 is 0 Å². The molecular formula is C23H38O4S2. The Kier molecular flexibility index (Phi) is 5.96. The molecule has 29 heavy (non-hydrogen) atoms. The van der Waals surface area contributed by atoms with E-state index >= 15 is 0 Å². The second-order valence-electron chi connectivity index (χ2n) is 10.9. The maximum atomic E-state index is 12.9. The van der Waals surface area contributed by atoms with Crippen LogP contribution in [0.1, 0.15) is 78.1 Å². The van der Waals surface area contributed by atoms with Crippen LogP contribution in [0.2, 0.25) is 0 Å². The largest absolute Gasteiger partial charge is 0.390 e. The summed E-state index contributed by atoms with van der Waals surface area (Å²) in [5.74, 6) is 3.87. The Morgan fingerprint density at radius 1 is 1.03 bits per heavy atom. The highest BCUT2D eigenvalue weighted by Crippen LogP contribution is 2.64. The molecule has 0 aromatic rings. The smallest absolute Gasteiger partial charge is 0.199 e. The number of carbonyl (C=O) groups is 1. The van der Waals surface area contributed by atoms with E-state index in [-0.39, 0.29) is 22.9 Å². The van der Waals surface area contributed by atoms with E-state index < -0.39 is 14.5 Å². The van der Waals surface area contributed by atoms with Gasteiger partial charge >= 0.3 is 0 Å². The molecule has 4 fully saturated rings. The van der Waals surface area contributed by atoms with E-state index in [4.69, 9.17) is 0 Å². The number of rotatable bonds is 5. The van der Waals surface area contributed by atoms with Crippen LogP contribution in [0.25, 0.3) is 0 Å². The quantitative estimate of drug-likeness (QED) is 0.627. The van der Waals surface area contributed by atoms with Crippen LogP contribution in [0.3, 0.4) is 0 Å². The van der Waals surface area contributed by atoms with E-state index in [2.05, 4.69) is 13.8 Å². The van der Waals surface area contributed by atoms with Crippen molar-refractivity contribution in [2.75, 3.05) is 12.0 Å². The molecule has 4 aliphatic carbocycles. The van der Waals surface area contributed by atoms with E-state index in [1.54, 1.807) is 0 Å². The van der Waals surface area contributed by atoms with Crippen molar-refractivity contribution in [1.82, 2.24) is 0 Å². The van der Waals surface area contributed by atoms with Gasteiger partial charge < -0.3 is 5.11 Å². The van der Waals surface area contributed by atoms with Crippen molar-refractivity contribution < 1.29 is 18.3 Å². The summed E-state index contributed by atoms with van der Waals surface area (Å²) < 4.78 is 23.0. The van der Waals surface area contributed by atoms with Crippen LogP contribution in [0.5, 0.6) is 0 Å². The molecule has 3 unspecified atom stereocenters. The SMILES string of the molecule is CC[C@@]1(O)CC[C@@H]2C3CC[C@@]4(C)C(CC[C@@H]4C(=O)CSS(C)(=O)=O)C3CC[C@@H]2C1. The van der Waals surface area contributed by atoms with Gasteiger partial charge in [0.15, 0.2) is 8.87 Å². The summed E-state index contributed by atoms with van der Waals surface area (Å²) in [6.07, 6.45) is 12.1. The van der Waals surface area contributed by atoms with Crippen LogP contribution in [-0.2, 0) is 13.7 Å². The minimum atomic E-state index is -3.17. The molecule has 166 valence electrons. The Balaban J connectivity index is 1.46. The lowest BCUT2D eigenvalue weighted by Gasteiger charge is -2.57. The summed E-state index contributed by atoms with van der Waals surface area (Å²) in [5, 5.41) is 10.8. The first kappa shape index (κ1) is 22.1. The second kappa shape index (κ2) is 7.81. The fourth-order valence-electron chi connectivity index (χ4n) is 8.08. The van der Waals surface area contributed by atoms with Gasteiger partial charge in [-0.25, -0.2) is 8.42 Å². The van der Waals surface area contributed by atoms with E-state index in [1.807, 2.05) is 0 Å². The van der Waals surface area contributed by atoms with Gasteiger partial charge in [-0.2, -0.15) is 0 Å². The molecule has 0 saturated heterocycles. The molecule has 0 aromatic heterocycles. The number of hydrogen-bond donors (Lipinski definition) is 1. The molecule has 4 aliphatic rings. The van der Waals surface area contributed by atoms with Crippen molar-refractivity contribution in [3.8, 4) is 0 Å². The van der Waals surface area contributed by atoms with Gasteiger partial charge in [-0.1, -0.05) is 13.8 Å². The molecule has 0 radical (unpaired) electrons. The average Bonchev–Trinajstić information content (AvgIpc) is 3.02. The van der Waals surface area contributed by atoms with E-state index in [9.17, 15) is 18.3 Å². The molecule has 0 aromatic carbocycles. The molecule has 8 atom stereocenters. The van der Waals surface area contributed by atoms with Crippen LogP contribution in [0.15, 0.2) is 0 Å². The van der Waals surface area contributed by atoms with Crippen molar-refractivity contribution in [3.63, 3.8) is 0 Å². The third kappa shape index (κ3) is 4.07. The predicted molar refractivity (Wildman–Crippen MR) is 118 cm³/mol. The lowest BCUT2D eigenvalue weighted by Crippen LogP contribution is -2.51. The first-order valence-electron chi connectivity index (χ1n) is 11.7. The number of ketones is 1. The highest BCUT2D eigenvalue weighted by atomic mass is 33.1. The molecule has 1 N–H and O–H groups in total. The molecule has 0 amide bonds.